The second-order valence-corrected chi connectivity index (χ2v) is 7.89. The number of aryl methyl sites for hydroxylation is 1. The molecule has 0 heterocycles. The molecule has 0 aromatic heterocycles. The number of alkyl halides is 3. The molecule has 0 radical (unpaired) electrons. The van der Waals surface area contributed by atoms with Crippen molar-refractivity contribution in [3.05, 3.63) is 82.2 Å². The second-order valence-electron chi connectivity index (χ2n) is 7.89. The normalized spacial score (nSPS) is 12.7. The fourth-order valence-corrected chi connectivity index (χ4v) is 4.25. The van der Waals surface area contributed by atoms with Crippen molar-refractivity contribution in [3.8, 4) is 22.3 Å². The number of unbranched alkanes of at least 4 members (excludes halogenated alkanes) is 2. The van der Waals surface area contributed by atoms with Gasteiger partial charge in [0, 0.05) is 17.5 Å². The van der Waals surface area contributed by atoms with Crippen molar-refractivity contribution in [1.29, 1.82) is 0 Å². The highest BCUT2D eigenvalue weighted by Gasteiger charge is 2.38. The van der Waals surface area contributed by atoms with E-state index >= 15 is 4.39 Å². The highest BCUT2D eigenvalue weighted by molar-refractivity contribution is 5.81. The average molecular weight is 434 g/mol. The van der Waals surface area contributed by atoms with E-state index in [1.807, 2.05) is 12.1 Å². The molecular formula is C25H20F6. The van der Waals surface area contributed by atoms with Gasteiger partial charge in [-0.1, -0.05) is 50.1 Å². The van der Waals surface area contributed by atoms with Crippen LogP contribution in [0.15, 0.2) is 42.5 Å². The monoisotopic (exact) mass is 434 g/mol. The number of hydrogen-bond donors (Lipinski definition) is 0. The minimum absolute atomic E-state index is 0.124. The third kappa shape index (κ3) is 3.95. The van der Waals surface area contributed by atoms with Gasteiger partial charge in [0.2, 0.25) is 0 Å². The Bertz CT molecular complexity index is 1120. The maximum Gasteiger partial charge on any atom is 0.422 e. The molecule has 3 aromatic carbocycles. The van der Waals surface area contributed by atoms with E-state index in [1.165, 1.54) is 11.6 Å². The highest BCUT2D eigenvalue weighted by Crippen LogP contribution is 2.42. The van der Waals surface area contributed by atoms with Crippen molar-refractivity contribution < 1.29 is 26.3 Å². The van der Waals surface area contributed by atoms with Gasteiger partial charge in [-0.05, 0) is 52.8 Å². The van der Waals surface area contributed by atoms with Crippen LogP contribution in [0.25, 0.3) is 22.3 Å². The fraction of sp³-hybridized carbons (Fsp3) is 0.280. The summed E-state index contributed by atoms with van der Waals surface area (Å²) in [6.07, 6.45) is -0.566. The van der Waals surface area contributed by atoms with Crippen LogP contribution in [0, 0.1) is 17.5 Å². The van der Waals surface area contributed by atoms with Crippen LogP contribution in [0.1, 0.15) is 48.4 Å². The summed E-state index contributed by atoms with van der Waals surface area (Å²) >= 11 is 0. The van der Waals surface area contributed by atoms with E-state index in [9.17, 15) is 22.0 Å². The first-order valence-corrected chi connectivity index (χ1v) is 10.2. The SMILES string of the molecule is CCCCCc1ccc2c(c1)Cc1c-2ccc(-c2cc(F)c(C(F)(F)F)c(F)c2)c1F. The Kier molecular flexibility index (Phi) is 5.58. The molecule has 0 unspecified atom stereocenters. The molecule has 1 aliphatic rings. The molecule has 0 aliphatic heterocycles. The van der Waals surface area contributed by atoms with Gasteiger partial charge in [0.1, 0.15) is 23.0 Å². The predicted molar refractivity (Wildman–Crippen MR) is 108 cm³/mol. The van der Waals surface area contributed by atoms with E-state index in [0.29, 0.717) is 29.7 Å². The van der Waals surface area contributed by atoms with Gasteiger partial charge in [0.05, 0.1) is 0 Å². The second kappa shape index (κ2) is 8.06. The molecule has 6 heteroatoms. The van der Waals surface area contributed by atoms with Crippen LogP contribution in [0.3, 0.4) is 0 Å². The van der Waals surface area contributed by atoms with Gasteiger partial charge in [-0.25, -0.2) is 13.2 Å². The Hall–Kier alpha value is -2.76. The lowest BCUT2D eigenvalue weighted by atomic mass is 9.96. The maximum absolute atomic E-state index is 15.3. The van der Waals surface area contributed by atoms with E-state index < -0.39 is 29.2 Å². The van der Waals surface area contributed by atoms with E-state index in [0.717, 1.165) is 36.8 Å². The lowest BCUT2D eigenvalue weighted by Crippen LogP contribution is -2.11. The number of rotatable bonds is 5. The fourth-order valence-electron chi connectivity index (χ4n) is 4.25. The van der Waals surface area contributed by atoms with Crippen LogP contribution >= 0.6 is 0 Å². The van der Waals surface area contributed by atoms with Crippen LogP contribution in [0.2, 0.25) is 0 Å². The zero-order valence-corrected chi connectivity index (χ0v) is 16.8. The molecule has 31 heavy (non-hydrogen) atoms. The molecule has 1 aliphatic carbocycles. The Labute approximate surface area is 176 Å². The average Bonchev–Trinajstić information content (AvgIpc) is 3.05. The molecule has 0 N–H and O–H groups in total. The summed E-state index contributed by atoms with van der Waals surface area (Å²) in [5.41, 5.74) is 1.78. The Morgan fingerprint density at radius 3 is 2.10 bits per heavy atom. The number of benzene rings is 3. The van der Waals surface area contributed by atoms with Gasteiger partial charge in [-0.3, -0.25) is 0 Å². The molecule has 0 fully saturated rings. The Morgan fingerprint density at radius 2 is 1.45 bits per heavy atom. The molecule has 162 valence electrons. The van der Waals surface area contributed by atoms with Crippen LogP contribution in [-0.2, 0) is 19.0 Å². The Balaban J connectivity index is 1.70. The van der Waals surface area contributed by atoms with Gasteiger partial charge in [0.25, 0.3) is 0 Å². The summed E-state index contributed by atoms with van der Waals surface area (Å²) in [7, 11) is 0. The standard InChI is InChI=1S/C25H20F6/c1-2-3-4-5-14-6-7-17-15(10-14)11-20-19(17)9-8-18(24(20)28)16-12-21(26)23(22(27)13-16)25(29,30)31/h6-10,12-13H,2-5,11H2,1H3. The number of fused-ring (bicyclic) bond motifs is 3. The molecular weight excluding hydrogens is 414 g/mol. The van der Waals surface area contributed by atoms with E-state index in [4.69, 9.17) is 0 Å². The predicted octanol–water partition coefficient (Wildman–Crippen LogP) is 8.09. The number of halogens is 6. The van der Waals surface area contributed by atoms with E-state index in [1.54, 1.807) is 6.07 Å². The van der Waals surface area contributed by atoms with Gasteiger partial charge < -0.3 is 0 Å². The summed E-state index contributed by atoms with van der Waals surface area (Å²) < 4.78 is 81.8. The van der Waals surface area contributed by atoms with Gasteiger partial charge in [-0.2, -0.15) is 13.2 Å². The summed E-state index contributed by atoms with van der Waals surface area (Å²) in [5.74, 6) is -4.19. The first kappa shape index (κ1) is 21.5. The maximum atomic E-state index is 15.3. The van der Waals surface area contributed by atoms with Crippen molar-refractivity contribution in [2.75, 3.05) is 0 Å². The Morgan fingerprint density at radius 1 is 0.806 bits per heavy atom. The molecule has 0 saturated heterocycles. The van der Waals surface area contributed by atoms with Gasteiger partial charge >= 0.3 is 6.18 Å². The third-order valence-electron chi connectivity index (χ3n) is 5.78. The van der Waals surface area contributed by atoms with Crippen molar-refractivity contribution >= 4 is 0 Å². The molecule has 0 spiro atoms. The van der Waals surface area contributed by atoms with E-state index in [2.05, 4.69) is 13.0 Å². The van der Waals surface area contributed by atoms with Gasteiger partial charge in [0.15, 0.2) is 0 Å². The topological polar surface area (TPSA) is 0 Å². The minimum atomic E-state index is -5.17. The van der Waals surface area contributed by atoms with Crippen LogP contribution in [0.5, 0.6) is 0 Å². The molecule has 4 rings (SSSR count). The summed E-state index contributed by atoms with van der Waals surface area (Å²) in [6, 6.07) is 10.1. The van der Waals surface area contributed by atoms with E-state index in [-0.39, 0.29) is 11.1 Å². The highest BCUT2D eigenvalue weighted by atomic mass is 19.4. The summed E-state index contributed by atoms with van der Waals surface area (Å²) in [6.45, 7) is 2.13. The largest absolute Gasteiger partial charge is 0.422 e. The number of hydrogen-bond acceptors (Lipinski definition) is 0. The van der Waals surface area contributed by atoms with Crippen molar-refractivity contribution in [3.63, 3.8) is 0 Å². The molecule has 0 amide bonds. The smallest absolute Gasteiger partial charge is 0.206 e. The molecule has 0 atom stereocenters. The summed E-state index contributed by atoms with van der Waals surface area (Å²) in [5, 5.41) is 0. The zero-order chi connectivity index (χ0) is 22.3. The first-order valence-electron chi connectivity index (χ1n) is 10.2. The van der Waals surface area contributed by atoms with Crippen LogP contribution in [0.4, 0.5) is 26.3 Å². The molecule has 0 nitrogen and oxygen atoms in total. The summed E-state index contributed by atoms with van der Waals surface area (Å²) in [4.78, 5) is 0. The molecule has 3 aromatic rings. The van der Waals surface area contributed by atoms with Crippen molar-refractivity contribution in [2.45, 2.75) is 45.2 Å². The third-order valence-corrected chi connectivity index (χ3v) is 5.78. The van der Waals surface area contributed by atoms with Gasteiger partial charge in [-0.15, -0.1) is 0 Å². The van der Waals surface area contributed by atoms with Crippen LogP contribution in [-0.4, -0.2) is 0 Å². The van der Waals surface area contributed by atoms with Crippen LogP contribution < -0.4 is 0 Å². The minimum Gasteiger partial charge on any atom is -0.206 e. The quantitative estimate of drug-likeness (QED) is 0.220. The lowest BCUT2D eigenvalue weighted by molar-refractivity contribution is -0.142. The molecule has 0 bridgehead atoms. The lowest BCUT2D eigenvalue weighted by Gasteiger charge is -2.13. The molecule has 0 saturated carbocycles. The van der Waals surface area contributed by atoms with Crippen molar-refractivity contribution in [1.82, 2.24) is 0 Å². The zero-order valence-electron chi connectivity index (χ0n) is 16.8. The van der Waals surface area contributed by atoms with Crippen molar-refractivity contribution in [2.24, 2.45) is 0 Å². The first-order chi connectivity index (χ1) is 14.7.